The Morgan fingerprint density at radius 1 is 1.12 bits per heavy atom. The molecule has 130 valence electrons. The van der Waals surface area contributed by atoms with E-state index < -0.39 is 0 Å². The van der Waals surface area contributed by atoms with Crippen molar-refractivity contribution >= 4 is 6.29 Å². The molecule has 1 heterocycles. The van der Waals surface area contributed by atoms with Crippen LogP contribution in [0.3, 0.4) is 0 Å². The first kappa shape index (κ1) is 17.3. The summed E-state index contributed by atoms with van der Waals surface area (Å²) in [6, 6.07) is 18.3. The highest BCUT2D eigenvalue weighted by atomic mass is 16.5. The first-order valence-corrected chi connectivity index (χ1v) is 8.75. The van der Waals surface area contributed by atoms with Gasteiger partial charge in [-0.15, -0.1) is 0 Å². The number of ether oxygens (including phenoxy) is 2. The Kier molecular flexibility index (Phi) is 5.54. The largest absolute Gasteiger partial charge is 0.490 e. The molecule has 0 amide bonds. The van der Waals surface area contributed by atoms with Crippen LogP contribution >= 0.6 is 0 Å². The standard InChI is InChI=1S/C22H24O3/c1-16-21(17(2)25-22(16)19-10-4-3-5-11-19)15-24-20-12-6-8-18(14-20)9-7-13-23/h3-6,8,10-14,16,22H,7,9,15H2,1-2H3. The number of carbonyl (C=O) groups excluding carboxylic acids is 1. The summed E-state index contributed by atoms with van der Waals surface area (Å²) in [4.78, 5) is 10.5. The Morgan fingerprint density at radius 3 is 2.68 bits per heavy atom. The second kappa shape index (κ2) is 8.02. The average Bonchev–Trinajstić information content (AvgIpc) is 2.93. The maximum atomic E-state index is 10.5. The molecular weight excluding hydrogens is 312 g/mol. The predicted molar refractivity (Wildman–Crippen MR) is 98.5 cm³/mol. The van der Waals surface area contributed by atoms with E-state index in [1.54, 1.807) is 0 Å². The molecular formula is C22H24O3. The third-order valence-electron chi connectivity index (χ3n) is 4.73. The zero-order valence-electron chi connectivity index (χ0n) is 14.8. The predicted octanol–water partition coefficient (Wildman–Crippen LogP) is 4.88. The minimum atomic E-state index is 0.0544. The number of allylic oxidation sites excluding steroid dienone is 1. The molecule has 2 aromatic carbocycles. The monoisotopic (exact) mass is 336 g/mol. The zero-order valence-corrected chi connectivity index (χ0v) is 14.8. The maximum absolute atomic E-state index is 10.5. The summed E-state index contributed by atoms with van der Waals surface area (Å²) in [5.41, 5.74) is 3.51. The number of hydrogen-bond acceptors (Lipinski definition) is 3. The summed E-state index contributed by atoms with van der Waals surface area (Å²) in [5.74, 6) is 2.07. The van der Waals surface area contributed by atoms with E-state index in [0.717, 1.165) is 29.8 Å². The van der Waals surface area contributed by atoms with Crippen LogP contribution in [-0.2, 0) is 16.0 Å². The van der Waals surface area contributed by atoms with Crippen LogP contribution in [0.25, 0.3) is 0 Å². The Bertz CT molecular complexity index is 749. The van der Waals surface area contributed by atoms with E-state index in [1.165, 1.54) is 11.1 Å². The minimum absolute atomic E-state index is 0.0544. The van der Waals surface area contributed by atoms with Gasteiger partial charge in [0.2, 0.25) is 0 Å². The number of rotatable bonds is 7. The highest BCUT2D eigenvalue weighted by molar-refractivity contribution is 5.50. The summed E-state index contributed by atoms with van der Waals surface area (Å²) in [6.07, 6.45) is 2.29. The zero-order chi connectivity index (χ0) is 17.6. The van der Waals surface area contributed by atoms with Crippen LogP contribution in [0.15, 0.2) is 65.9 Å². The fourth-order valence-corrected chi connectivity index (χ4v) is 3.28. The van der Waals surface area contributed by atoms with Crippen molar-refractivity contribution in [1.82, 2.24) is 0 Å². The molecule has 0 aliphatic carbocycles. The van der Waals surface area contributed by atoms with Crippen LogP contribution in [-0.4, -0.2) is 12.9 Å². The highest BCUT2D eigenvalue weighted by Crippen LogP contribution is 2.40. The fourth-order valence-electron chi connectivity index (χ4n) is 3.28. The van der Waals surface area contributed by atoms with Gasteiger partial charge in [0, 0.05) is 17.9 Å². The summed E-state index contributed by atoms with van der Waals surface area (Å²) in [6.45, 7) is 4.72. The van der Waals surface area contributed by atoms with Crippen LogP contribution in [0, 0.1) is 5.92 Å². The van der Waals surface area contributed by atoms with E-state index in [0.29, 0.717) is 13.0 Å². The Morgan fingerprint density at radius 2 is 1.92 bits per heavy atom. The van der Waals surface area contributed by atoms with E-state index in [1.807, 2.05) is 49.4 Å². The summed E-state index contributed by atoms with van der Waals surface area (Å²) < 4.78 is 12.1. The lowest BCUT2D eigenvalue weighted by molar-refractivity contribution is -0.107. The van der Waals surface area contributed by atoms with Gasteiger partial charge in [-0.25, -0.2) is 0 Å². The fraction of sp³-hybridized carbons (Fsp3) is 0.318. The quantitative estimate of drug-likeness (QED) is 0.676. The summed E-state index contributed by atoms with van der Waals surface area (Å²) in [7, 11) is 0. The van der Waals surface area contributed by atoms with Crippen LogP contribution in [0.2, 0.25) is 0 Å². The van der Waals surface area contributed by atoms with Gasteiger partial charge in [0.25, 0.3) is 0 Å². The third-order valence-corrected chi connectivity index (χ3v) is 4.73. The van der Waals surface area contributed by atoms with Crippen molar-refractivity contribution in [2.45, 2.75) is 32.8 Å². The summed E-state index contributed by atoms with van der Waals surface area (Å²) >= 11 is 0. The molecule has 3 heteroatoms. The van der Waals surface area contributed by atoms with Crippen LogP contribution in [0.1, 0.15) is 37.5 Å². The van der Waals surface area contributed by atoms with Crippen LogP contribution in [0.4, 0.5) is 0 Å². The molecule has 3 nitrogen and oxygen atoms in total. The van der Waals surface area contributed by atoms with E-state index in [2.05, 4.69) is 19.1 Å². The molecule has 0 N–H and O–H groups in total. The first-order chi connectivity index (χ1) is 12.2. The minimum Gasteiger partial charge on any atom is -0.490 e. The Balaban J connectivity index is 1.65. The van der Waals surface area contributed by atoms with E-state index >= 15 is 0 Å². The number of aldehydes is 1. The second-order valence-electron chi connectivity index (χ2n) is 6.46. The lowest BCUT2D eigenvalue weighted by Gasteiger charge is -2.18. The molecule has 1 aliphatic heterocycles. The topological polar surface area (TPSA) is 35.5 Å². The first-order valence-electron chi connectivity index (χ1n) is 8.75. The number of carbonyl (C=O) groups is 1. The maximum Gasteiger partial charge on any atom is 0.130 e. The van der Waals surface area contributed by atoms with Crippen molar-refractivity contribution in [1.29, 1.82) is 0 Å². The molecule has 1 aliphatic rings. The van der Waals surface area contributed by atoms with Crippen molar-refractivity contribution in [3.63, 3.8) is 0 Å². The van der Waals surface area contributed by atoms with Crippen molar-refractivity contribution in [3.8, 4) is 5.75 Å². The molecule has 0 spiro atoms. The van der Waals surface area contributed by atoms with E-state index in [-0.39, 0.29) is 12.0 Å². The molecule has 0 saturated carbocycles. The van der Waals surface area contributed by atoms with Gasteiger partial charge in [-0.05, 0) is 36.6 Å². The van der Waals surface area contributed by atoms with Gasteiger partial charge < -0.3 is 14.3 Å². The Hall–Kier alpha value is -2.55. The molecule has 0 bridgehead atoms. The van der Waals surface area contributed by atoms with E-state index in [9.17, 15) is 4.79 Å². The SMILES string of the molecule is CC1=C(COc2cccc(CCC=O)c2)C(C)C(c2ccccc2)O1. The molecule has 3 rings (SSSR count). The number of hydrogen-bond donors (Lipinski definition) is 0. The van der Waals surface area contributed by atoms with Crippen molar-refractivity contribution in [3.05, 3.63) is 77.1 Å². The van der Waals surface area contributed by atoms with Gasteiger partial charge in [0.15, 0.2) is 0 Å². The third kappa shape index (κ3) is 4.11. The van der Waals surface area contributed by atoms with Gasteiger partial charge in [0.1, 0.15) is 24.7 Å². The molecule has 2 atom stereocenters. The normalized spacial score (nSPS) is 19.6. The van der Waals surface area contributed by atoms with Gasteiger partial charge in [-0.2, -0.15) is 0 Å². The molecule has 2 unspecified atom stereocenters. The lowest BCUT2D eigenvalue weighted by atomic mass is 9.92. The van der Waals surface area contributed by atoms with Gasteiger partial charge >= 0.3 is 0 Å². The number of aryl methyl sites for hydroxylation is 1. The average molecular weight is 336 g/mol. The highest BCUT2D eigenvalue weighted by Gasteiger charge is 2.32. The van der Waals surface area contributed by atoms with Gasteiger partial charge in [0.05, 0.1) is 5.76 Å². The summed E-state index contributed by atoms with van der Waals surface area (Å²) in [5, 5.41) is 0. The number of benzene rings is 2. The second-order valence-corrected chi connectivity index (χ2v) is 6.46. The van der Waals surface area contributed by atoms with Crippen molar-refractivity contribution < 1.29 is 14.3 Å². The lowest BCUT2D eigenvalue weighted by Crippen LogP contribution is -2.12. The van der Waals surface area contributed by atoms with E-state index in [4.69, 9.17) is 9.47 Å². The molecule has 0 radical (unpaired) electrons. The molecule has 0 fully saturated rings. The van der Waals surface area contributed by atoms with Crippen molar-refractivity contribution in [2.75, 3.05) is 6.61 Å². The molecule has 25 heavy (non-hydrogen) atoms. The van der Waals surface area contributed by atoms with Gasteiger partial charge in [-0.1, -0.05) is 49.4 Å². The molecule has 2 aromatic rings. The molecule has 0 saturated heterocycles. The smallest absolute Gasteiger partial charge is 0.130 e. The Labute approximate surface area is 149 Å². The molecule has 0 aromatic heterocycles. The van der Waals surface area contributed by atoms with Crippen LogP contribution < -0.4 is 4.74 Å². The van der Waals surface area contributed by atoms with Crippen molar-refractivity contribution in [2.24, 2.45) is 5.92 Å². The van der Waals surface area contributed by atoms with Crippen LogP contribution in [0.5, 0.6) is 5.75 Å². The van der Waals surface area contributed by atoms with Gasteiger partial charge in [-0.3, -0.25) is 0 Å².